The average molecular weight is 296 g/mol. The molecule has 1 aliphatic rings. The monoisotopic (exact) mass is 296 g/mol. The van der Waals surface area contributed by atoms with Gasteiger partial charge < -0.3 is 5.73 Å². The van der Waals surface area contributed by atoms with Crippen molar-refractivity contribution in [2.24, 2.45) is 5.92 Å². The molecule has 5 heteroatoms. The number of aryl methyl sites for hydroxylation is 2. The lowest BCUT2D eigenvalue weighted by Gasteiger charge is -2.27. The second-order valence-corrected chi connectivity index (χ2v) is 7.88. The highest BCUT2D eigenvalue weighted by Gasteiger charge is 2.35. The molecule has 0 amide bonds. The molecule has 1 aromatic carbocycles. The van der Waals surface area contributed by atoms with E-state index in [2.05, 4.69) is 0 Å². The number of hydrogen-bond acceptors (Lipinski definition) is 3. The van der Waals surface area contributed by atoms with Gasteiger partial charge in [0.05, 0.1) is 5.69 Å². The fraction of sp³-hybridized carbons (Fsp3) is 0.600. The largest absolute Gasteiger partial charge is 0.397 e. The van der Waals surface area contributed by atoms with Gasteiger partial charge in [-0.1, -0.05) is 12.1 Å². The van der Waals surface area contributed by atoms with Gasteiger partial charge in [-0.2, -0.15) is 4.31 Å². The van der Waals surface area contributed by atoms with Crippen LogP contribution < -0.4 is 5.73 Å². The predicted octanol–water partition coefficient (Wildman–Crippen LogP) is 2.69. The Kier molecular flexibility index (Phi) is 4.12. The Morgan fingerprint density at radius 1 is 1.25 bits per heavy atom. The van der Waals surface area contributed by atoms with Crippen LogP contribution in [0.25, 0.3) is 0 Å². The van der Waals surface area contributed by atoms with E-state index in [0.717, 1.165) is 24.0 Å². The van der Waals surface area contributed by atoms with E-state index in [1.165, 1.54) is 0 Å². The van der Waals surface area contributed by atoms with Crippen molar-refractivity contribution in [3.8, 4) is 0 Å². The summed E-state index contributed by atoms with van der Waals surface area (Å²) >= 11 is 0. The summed E-state index contributed by atoms with van der Waals surface area (Å²) in [6.07, 6.45) is 2.25. The van der Waals surface area contributed by atoms with Crippen LogP contribution in [0.4, 0.5) is 5.69 Å². The quantitative estimate of drug-likeness (QED) is 0.850. The van der Waals surface area contributed by atoms with E-state index in [9.17, 15) is 8.42 Å². The van der Waals surface area contributed by atoms with Crippen LogP contribution in [-0.2, 0) is 10.0 Å². The molecule has 2 N–H and O–H groups in total. The molecule has 20 heavy (non-hydrogen) atoms. The van der Waals surface area contributed by atoms with Crippen molar-refractivity contribution >= 4 is 15.7 Å². The fourth-order valence-corrected chi connectivity index (χ4v) is 4.52. The maximum atomic E-state index is 13.0. The second-order valence-electron chi connectivity index (χ2n) is 6.05. The fourth-order valence-electron chi connectivity index (χ4n) is 2.41. The SMILES string of the molecule is Cc1ccc(C)c(S(=O)(=O)N(CC2CC2)C(C)C)c1N. The number of hydrogen-bond donors (Lipinski definition) is 1. The number of sulfonamides is 1. The molecule has 0 heterocycles. The van der Waals surface area contributed by atoms with E-state index < -0.39 is 10.0 Å². The lowest BCUT2D eigenvalue weighted by atomic mass is 10.1. The molecule has 0 unspecified atom stereocenters. The van der Waals surface area contributed by atoms with Crippen LogP contribution in [0, 0.1) is 19.8 Å². The molecule has 0 aliphatic heterocycles. The van der Waals surface area contributed by atoms with Crippen molar-refractivity contribution in [1.82, 2.24) is 4.31 Å². The summed E-state index contributed by atoms with van der Waals surface area (Å²) in [5.41, 5.74) is 7.96. The zero-order valence-corrected chi connectivity index (χ0v) is 13.5. The highest BCUT2D eigenvalue weighted by atomic mass is 32.2. The average Bonchev–Trinajstić information content (AvgIpc) is 3.14. The molecule has 0 spiro atoms. The first-order valence-electron chi connectivity index (χ1n) is 7.12. The van der Waals surface area contributed by atoms with Gasteiger partial charge in [0.25, 0.3) is 0 Å². The first kappa shape index (κ1) is 15.3. The van der Waals surface area contributed by atoms with Gasteiger partial charge in [-0.15, -0.1) is 0 Å². The van der Waals surface area contributed by atoms with Crippen molar-refractivity contribution in [3.05, 3.63) is 23.3 Å². The molecule has 0 atom stereocenters. The van der Waals surface area contributed by atoms with Crippen LogP contribution in [0.1, 0.15) is 37.8 Å². The Bertz CT molecular complexity index is 605. The first-order valence-corrected chi connectivity index (χ1v) is 8.56. The van der Waals surface area contributed by atoms with Gasteiger partial charge in [0, 0.05) is 12.6 Å². The van der Waals surface area contributed by atoms with E-state index in [1.54, 1.807) is 11.2 Å². The normalized spacial score (nSPS) is 16.1. The van der Waals surface area contributed by atoms with Gasteiger partial charge in [-0.3, -0.25) is 0 Å². The minimum Gasteiger partial charge on any atom is -0.397 e. The Balaban J connectivity index is 2.49. The van der Waals surface area contributed by atoms with Gasteiger partial charge in [-0.25, -0.2) is 8.42 Å². The third-order valence-electron chi connectivity index (χ3n) is 3.89. The number of anilines is 1. The van der Waals surface area contributed by atoms with Crippen molar-refractivity contribution < 1.29 is 8.42 Å². The van der Waals surface area contributed by atoms with Crippen LogP contribution in [0.3, 0.4) is 0 Å². The third-order valence-corrected chi connectivity index (χ3v) is 6.13. The summed E-state index contributed by atoms with van der Waals surface area (Å²) in [6.45, 7) is 8.09. The predicted molar refractivity (Wildman–Crippen MR) is 82.1 cm³/mol. The Labute approximate surface area is 122 Å². The van der Waals surface area contributed by atoms with E-state index in [-0.39, 0.29) is 10.9 Å². The molecular formula is C15H24N2O2S. The zero-order valence-electron chi connectivity index (χ0n) is 12.7. The molecule has 0 bridgehead atoms. The molecule has 0 radical (unpaired) electrons. The Hall–Kier alpha value is -1.07. The van der Waals surface area contributed by atoms with Crippen LogP contribution in [0.5, 0.6) is 0 Å². The van der Waals surface area contributed by atoms with Crippen molar-refractivity contribution in [1.29, 1.82) is 0 Å². The maximum Gasteiger partial charge on any atom is 0.245 e. The zero-order chi connectivity index (χ0) is 15.1. The molecule has 112 valence electrons. The topological polar surface area (TPSA) is 63.4 Å². The molecule has 1 aromatic rings. The molecule has 1 fully saturated rings. The van der Waals surface area contributed by atoms with Gasteiger partial charge in [-0.05, 0) is 57.6 Å². The third kappa shape index (κ3) is 2.83. The minimum absolute atomic E-state index is 0.0556. The molecule has 0 aromatic heterocycles. The van der Waals surface area contributed by atoms with Gasteiger partial charge in [0.2, 0.25) is 10.0 Å². The number of nitrogens with two attached hydrogens (primary N) is 1. The first-order chi connectivity index (χ1) is 9.25. The van der Waals surface area contributed by atoms with Gasteiger partial charge in [0.15, 0.2) is 0 Å². The van der Waals surface area contributed by atoms with E-state index in [0.29, 0.717) is 18.2 Å². The molecule has 1 saturated carbocycles. The van der Waals surface area contributed by atoms with Crippen LogP contribution >= 0.6 is 0 Å². The van der Waals surface area contributed by atoms with Gasteiger partial charge >= 0.3 is 0 Å². The van der Waals surface area contributed by atoms with Gasteiger partial charge in [0.1, 0.15) is 4.90 Å². The molecular weight excluding hydrogens is 272 g/mol. The lowest BCUT2D eigenvalue weighted by Crippen LogP contribution is -2.39. The number of benzene rings is 1. The molecule has 0 saturated heterocycles. The van der Waals surface area contributed by atoms with Crippen molar-refractivity contribution in [3.63, 3.8) is 0 Å². The molecule has 1 aliphatic carbocycles. The molecule has 2 rings (SSSR count). The highest BCUT2D eigenvalue weighted by Crippen LogP contribution is 2.35. The van der Waals surface area contributed by atoms with Crippen molar-refractivity contribution in [2.75, 3.05) is 12.3 Å². The molecule has 4 nitrogen and oxygen atoms in total. The standard InChI is InChI=1S/C15H24N2O2S/c1-10(2)17(9-13-7-8-13)20(18,19)15-12(4)6-5-11(3)14(15)16/h5-6,10,13H,7-9,16H2,1-4H3. The van der Waals surface area contributed by atoms with Crippen molar-refractivity contribution in [2.45, 2.75) is 51.5 Å². The number of nitrogen functional groups attached to an aromatic ring is 1. The summed E-state index contributed by atoms with van der Waals surface area (Å²) in [7, 11) is -3.53. The summed E-state index contributed by atoms with van der Waals surface area (Å²) < 4.78 is 27.6. The summed E-state index contributed by atoms with van der Waals surface area (Å²) in [5.74, 6) is 0.513. The van der Waals surface area contributed by atoms with Crippen LogP contribution in [0.15, 0.2) is 17.0 Å². The number of rotatable bonds is 5. The Morgan fingerprint density at radius 2 is 1.80 bits per heavy atom. The summed E-state index contributed by atoms with van der Waals surface area (Å²) in [5, 5.41) is 0. The second kappa shape index (κ2) is 5.37. The van der Waals surface area contributed by atoms with Crippen LogP contribution in [0.2, 0.25) is 0 Å². The van der Waals surface area contributed by atoms with E-state index >= 15 is 0 Å². The minimum atomic E-state index is -3.53. The van der Waals surface area contributed by atoms with E-state index in [1.807, 2.05) is 32.9 Å². The smallest absolute Gasteiger partial charge is 0.245 e. The summed E-state index contributed by atoms with van der Waals surface area (Å²) in [6, 6.07) is 3.64. The maximum absolute atomic E-state index is 13.0. The van der Waals surface area contributed by atoms with E-state index in [4.69, 9.17) is 5.73 Å². The highest BCUT2D eigenvalue weighted by molar-refractivity contribution is 7.89. The Morgan fingerprint density at radius 3 is 2.30 bits per heavy atom. The lowest BCUT2D eigenvalue weighted by molar-refractivity contribution is 0.341. The summed E-state index contributed by atoms with van der Waals surface area (Å²) in [4.78, 5) is 0.284. The van der Waals surface area contributed by atoms with Crippen LogP contribution in [-0.4, -0.2) is 25.3 Å². The number of nitrogens with zero attached hydrogens (tertiary/aromatic N) is 1.